The van der Waals surface area contributed by atoms with Crippen LogP contribution >= 0.6 is 0 Å². The van der Waals surface area contributed by atoms with Crippen molar-refractivity contribution in [3.8, 4) is 0 Å². The minimum atomic E-state index is -0.388. The summed E-state index contributed by atoms with van der Waals surface area (Å²) < 4.78 is 6.41. The minimum absolute atomic E-state index is 0.105. The Morgan fingerprint density at radius 1 is 1.36 bits per heavy atom. The second-order valence-corrected chi connectivity index (χ2v) is 5.21. The van der Waals surface area contributed by atoms with Crippen molar-refractivity contribution in [3.63, 3.8) is 0 Å². The molecular formula is C15H20N4O3. The quantitative estimate of drug-likeness (QED) is 0.780. The van der Waals surface area contributed by atoms with Gasteiger partial charge in [0.25, 0.3) is 11.5 Å². The lowest BCUT2D eigenvalue weighted by Gasteiger charge is -2.13. The van der Waals surface area contributed by atoms with Crippen molar-refractivity contribution in [2.45, 2.75) is 6.92 Å². The number of aryl methyl sites for hydroxylation is 1. The van der Waals surface area contributed by atoms with E-state index < -0.39 is 0 Å². The van der Waals surface area contributed by atoms with Crippen molar-refractivity contribution < 1.29 is 9.53 Å². The number of rotatable bonds is 6. The predicted octanol–water partition coefficient (Wildman–Crippen LogP) is 0.353. The van der Waals surface area contributed by atoms with Crippen LogP contribution in [-0.4, -0.2) is 54.3 Å². The van der Waals surface area contributed by atoms with Crippen LogP contribution in [0.4, 0.5) is 0 Å². The van der Waals surface area contributed by atoms with Crippen LogP contribution in [0.3, 0.4) is 0 Å². The topological polar surface area (TPSA) is 76.5 Å². The number of carbonyl (C=O) groups is 1. The summed E-state index contributed by atoms with van der Waals surface area (Å²) >= 11 is 0. The lowest BCUT2D eigenvalue weighted by atomic mass is 10.2. The molecule has 1 aromatic heterocycles. The van der Waals surface area contributed by atoms with Crippen molar-refractivity contribution in [1.82, 2.24) is 14.6 Å². The Balaban J connectivity index is 2.08. The van der Waals surface area contributed by atoms with E-state index in [1.54, 1.807) is 25.1 Å². The molecular weight excluding hydrogens is 284 g/mol. The number of nitrogens with one attached hydrogen (secondary N) is 1. The Bertz CT molecular complexity index is 724. The zero-order valence-corrected chi connectivity index (χ0v) is 13.0. The average molecular weight is 304 g/mol. The molecule has 1 heterocycles. The molecule has 0 aliphatic heterocycles. The maximum absolute atomic E-state index is 12.4. The third-order valence-electron chi connectivity index (χ3n) is 3.10. The molecule has 0 spiro atoms. The molecule has 0 radical (unpaired) electrons. The molecule has 0 unspecified atom stereocenters. The van der Waals surface area contributed by atoms with Crippen LogP contribution in [0.2, 0.25) is 0 Å². The predicted molar refractivity (Wildman–Crippen MR) is 84.5 cm³/mol. The summed E-state index contributed by atoms with van der Waals surface area (Å²) in [5.41, 5.74) is 2.83. The number of nitrogens with zero attached hydrogens (tertiary/aromatic N) is 3. The van der Waals surface area contributed by atoms with Gasteiger partial charge in [0.15, 0.2) is 0 Å². The van der Waals surface area contributed by atoms with Crippen LogP contribution in [0, 0.1) is 6.92 Å². The number of aromatic nitrogens is 2. The molecule has 0 aliphatic carbocycles. The van der Waals surface area contributed by atoms with Gasteiger partial charge in [-0.25, -0.2) is 9.66 Å². The SMILES string of the molecule is Cc1nc2ccccc2c(=O)n1NC(=O)COCCN(C)C. The monoisotopic (exact) mass is 304 g/mol. The second-order valence-electron chi connectivity index (χ2n) is 5.21. The van der Waals surface area contributed by atoms with E-state index >= 15 is 0 Å². The number of fused-ring (bicyclic) bond motifs is 1. The van der Waals surface area contributed by atoms with E-state index in [0.29, 0.717) is 23.3 Å². The average Bonchev–Trinajstić information content (AvgIpc) is 2.48. The third kappa shape index (κ3) is 3.90. The molecule has 0 saturated heterocycles. The van der Waals surface area contributed by atoms with Crippen molar-refractivity contribution >= 4 is 16.8 Å². The Morgan fingerprint density at radius 2 is 2.09 bits per heavy atom. The maximum Gasteiger partial charge on any atom is 0.280 e. The zero-order valence-electron chi connectivity index (χ0n) is 13.0. The normalized spacial score (nSPS) is 11.1. The van der Waals surface area contributed by atoms with Gasteiger partial charge in [-0.1, -0.05) is 12.1 Å². The summed E-state index contributed by atoms with van der Waals surface area (Å²) in [6.07, 6.45) is 0. The van der Waals surface area contributed by atoms with Crippen LogP contribution in [0.1, 0.15) is 5.82 Å². The molecule has 2 rings (SSSR count). The van der Waals surface area contributed by atoms with Crippen molar-refractivity contribution in [2.75, 3.05) is 39.3 Å². The van der Waals surface area contributed by atoms with E-state index in [1.807, 2.05) is 25.1 Å². The fourth-order valence-electron chi connectivity index (χ4n) is 1.94. The highest BCUT2D eigenvalue weighted by atomic mass is 16.5. The highest BCUT2D eigenvalue weighted by molar-refractivity contribution is 5.85. The van der Waals surface area contributed by atoms with Crippen LogP contribution in [0.15, 0.2) is 29.1 Å². The number of para-hydroxylation sites is 1. The number of ether oxygens (including phenoxy) is 1. The van der Waals surface area contributed by atoms with Gasteiger partial charge in [0.1, 0.15) is 12.4 Å². The van der Waals surface area contributed by atoms with Crippen LogP contribution in [0.25, 0.3) is 10.9 Å². The van der Waals surface area contributed by atoms with E-state index in [4.69, 9.17) is 4.74 Å². The van der Waals surface area contributed by atoms with Gasteiger partial charge in [-0.15, -0.1) is 0 Å². The number of amides is 1. The number of carbonyl (C=O) groups excluding carboxylic acids is 1. The van der Waals surface area contributed by atoms with Gasteiger partial charge in [0.2, 0.25) is 0 Å². The number of benzene rings is 1. The second kappa shape index (κ2) is 7.15. The minimum Gasteiger partial charge on any atom is -0.370 e. The summed E-state index contributed by atoms with van der Waals surface area (Å²) in [6.45, 7) is 2.74. The van der Waals surface area contributed by atoms with E-state index in [9.17, 15) is 9.59 Å². The van der Waals surface area contributed by atoms with Crippen molar-refractivity contribution in [3.05, 3.63) is 40.4 Å². The molecule has 7 nitrogen and oxygen atoms in total. The van der Waals surface area contributed by atoms with Gasteiger partial charge in [-0.2, -0.15) is 0 Å². The standard InChI is InChI=1S/C15H20N4O3/c1-11-16-13-7-5-4-6-12(13)15(21)19(11)17-14(20)10-22-9-8-18(2)3/h4-7H,8-10H2,1-3H3,(H,17,20). The Morgan fingerprint density at radius 3 is 2.82 bits per heavy atom. The highest BCUT2D eigenvalue weighted by Gasteiger charge is 2.10. The molecule has 0 atom stereocenters. The number of hydrogen-bond acceptors (Lipinski definition) is 5. The Hall–Kier alpha value is -2.25. The van der Waals surface area contributed by atoms with Gasteiger partial charge < -0.3 is 9.64 Å². The van der Waals surface area contributed by atoms with Gasteiger partial charge in [-0.3, -0.25) is 15.0 Å². The highest BCUT2D eigenvalue weighted by Crippen LogP contribution is 2.06. The Kier molecular flexibility index (Phi) is 5.24. The molecule has 1 amide bonds. The molecule has 0 bridgehead atoms. The number of likely N-dealkylation sites (N-methyl/N-ethyl adjacent to an activating group) is 1. The largest absolute Gasteiger partial charge is 0.370 e. The molecule has 1 N–H and O–H groups in total. The molecule has 7 heteroatoms. The summed E-state index contributed by atoms with van der Waals surface area (Å²) in [5.74, 6) is 0.0337. The fraction of sp³-hybridized carbons (Fsp3) is 0.400. The van der Waals surface area contributed by atoms with Crippen molar-refractivity contribution in [2.24, 2.45) is 0 Å². The molecule has 0 saturated carbocycles. The van der Waals surface area contributed by atoms with Crippen LogP contribution < -0.4 is 11.0 Å². The molecule has 1 aromatic carbocycles. The van der Waals surface area contributed by atoms with Crippen LogP contribution in [0.5, 0.6) is 0 Å². The number of hydrogen-bond donors (Lipinski definition) is 1. The zero-order chi connectivity index (χ0) is 16.1. The lowest BCUT2D eigenvalue weighted by Crippen LogP contribution is -2.37. The third-order valence-corrected chi connectivity index (χ3v) is 3.10. The van der Waals surface area contributed by atoms with E-state index in [-0.39, 0.29) is 18.1 Å². The molecule has 22 heavy (non-hydrogen) atoms. The summed E-state index contributed by atoms with van der Waals surface area (Å²) in [4.78, 5) is 30.5. The summed E-state index contributed by atoms with van der Waals surface area (Å²) in [7, 11) is 3.85. The first-order valence-electron chi connectivity index (χ1n) is 7.00. The van der Waals surface area contributed by atoms with Crippen LogP contribution in [-0.2, 0) is 9.53 Å². The first-order chi connectivity index (χ1) is 10.5. The van der Waals surface area contributed by atoms with Gasteiger partial charge in [-0.05, 0) is 33.2 Å². The van der Waals surface area contributed by atoms with Crippen molar-refractivity contribution in [1.29, 1.82) is 0 Å². The van der Waals surface area contributed by atoms with E-state index in [2.05, 4.69) is 10.4 Å². The first kappa shape index (κ1) is 16.1. The summed E-state index contributed by atoms with van der Waals surface area (Å²) in [6, 6.07) is 7.02. The smallest absolute Gasteiger partial charge is 0.280 e. The van der Waals surface area contributed by atoms with Gasteiger partial charge >= 0.3 is 0 Å². The first-order valence-corrected chi connectivity index (χ1v) is 7.00. The molecule has 2 aromatic rings. The van der Waals surface area contributed by atoms with Gasteiger partial charge in [0, 0.05) is 6.54 Å². The molecule has 0 aliphatic rings. The molecule has 118 valence electrons. The Labute approximate surface area is 128 Å². The molecule has 0 fully saturated rings. The van der Waals surface area contributed by atoms with E-state index in [1.165, 1.54) is 0 Å². The lowest BCUT2D eigenvalue weighted by molar-refractivity contribution is -0.121. The van der Waals surface area contributed by atoms with Gasteiger partial charge in [0.05, 0.1) is 17.5 Å². The maximum atomic E-state index is 12.4. The van der Waals surface area contributed by atoms with E-state index in [0.717, 1.165) is 11.2 Å². The fourth-order valence-corrected chi connectivity index (χ4v) is 1.94. The summed E-state index contributed by atoms with van der Waals surface area (Å²) in [5, 5.41) is 0.460.